The Hall–Kier alpha value is -2.95. The molecule has 0 aromatic heterocycles. The molecule has 0 aliphatic rings. The minimum absolute atomic E-state index is 0.00344. The SMILES string of the molecule is CC(=O)OCc1ccc(OCCCOc2ccc(C(O)(C(F)(F)F)C(F)(F)F)cc2C)cc1. The smallest absolute Gasteiger partial charge is 0.430 e. The lowest BCUT2D eigenvalue weighted by molar-refractivity contribution is -0.376. The molecule has 0 amide bonds. The van der Waals surface area contributed by atoms with Crippen LogP contribution < -0.4 is 9.47 Å². The van der Waals surface area contributed by atoms with Crippen molar-refractivity contribution in [3.8, 4) is 11.5 Å². The number of carbonyl (C=O) groups excluding carboxylic acids is 1. The number of benzene rings is 2. The first-order chi connectivity index (χ1) is 15.3. The molecule has 0 aliphatic heterocycles. The van der Waals surface area contributed by atoms with E-state index in [0.717, 1.165) is 11.6 Å². The van der Waals surface area contributed by atoms with Crippen LogP contribution in [-0.4, -0.2) is 36.6 Å². The highest BCUT2D eigenvalue weighted by molar-refractivity contribution is 5.65. The lowest BCUT2D eigenvalue weighted by atomic mass is 9.91. The molecule has 33 heavy (non-hydrogen) atoms. The van der Waals surface area contributed by atoms with E-state index in [4.69, 9.17) is 14.2 Å². The lowest BCUT2D eigenvalue weighted by Crippen LogP contribution is -2.53. The Bertz CT molecular complexity index is 924. The maximum atomic E-state index is 13.0. The lowest BCUT2D eigenvalue weighted by Gasteiger charge is -2.33. The molecule has 0 saturated carbocycles. The van der Waals surface area contributed by atoms with E-state index < -0.39 is 29.5 Å². The van der Waals surface area contributed by atoms with Gasteiger partial charge in [-0.2, -0.15) is 26.3 Å². The Morgan fingerprint density at radius 2 is 1.48 bits per heavy atom. The third kappa shape index (κ3) is 6.53. The summed E-state index contributed by atoms with van der Waals surface area (Å²) >= 11 is 0. The number of aryl methyl sites for hydroxylation is 1. The molecule has 0 saturated heterocycles. The summed E-state index contributed by atoms with van der Waals surface area (Å²) in [7, 11) is 0. The molecule has 0 atom stereocenters. The topological polar surface area (TPSA) is 65.0 Å². The highest BCUT2D eigenvalue weighted by atomic mass is 19.4. The van der Waals surface area contributed by atoms with Gasteiger partial charge in [-0.3, -0.25) is 4.79 Å². The second kappa shape index (κ2) is 10.3. The van der Waals surface area contributed by atoms with Gasteiger partial charge in [-0.15, -0.1) is 0 Å². The van der Waals surface area contributed by atoms with Gasteiger partial charge in [0.2, 0.25) is 0 Å². The molecule has 11 heteroatoms. The summed E-state index contributed by atoms with van der Waals surface area (Å²) in [6.45, 7) is 3.06. The van der Waals surface area contributed by atoms with Crippen LogP contribution in [-0.2, 0) is 21.7 Å². The van der Waals surface area contributed by atoms with Gasteiger partial charge in [0.25, 0.3) is 5.60 Å². The Balaban J connectivity index is 1.89. The fraction of sp³-hybridized carbons (Fsp3) is 0.409. The maximum absolute atomic E-state index is 13.0. The number of aliphatic hydroxyl groups is 1. The minimum Gasteiger partial charge on any atom is -0.493 e. The van der Waals surface area contributed by atoms with Crippen molar-refractivity contribution >= 4 is 5.97 Å². The van der Waals surface area contributed by atoms with E-state index >= 15 is 0 Å². The standard InChI is InChI=1S/C22H22F6O5/c1-14-12-17(20(30,21(23,24)25)22(26,27)28)6-9-19(14)32-11-3-10-31-18-7-4-16(5-8-18)13-33-15(2)29/h4-9,12,30H,3,10-11,13H2,1-2H3. The molecule has 2 rings (SSSR count). The molecule has 182 valence electrons. The van der Waals surface area contributed by atoms with Crippen molar-refractivity contribution in [1.29, 1.82) is 0 Å². The van der Waals surface area contributed by atoms with Gasteiger partial charge in [0.1, 0.15) is 18.1 Å². The quantitative estimate of drug-likeness (QED) is 0.303. The predicted molar refractivity (Wildman–Crippen MR) is 105 cm³/mol. The van der Waals surface area contributed by atoms with Crippen molar-refractivity contribution in [2.45, 2.75) is 44.8 Å². The van der Waals surface area contributed by atoms with Gasteiger partial charge in [-0.05, 0) is 42.3 Å². The van der Waals surface area contributed by atoms with Crippen LogP contribution in [0.4, 0.5) is 26.3 Å². The molecule has 0 spiro atoms. The molecule has 0 aliphatic carbocycles. The number of hydrogen-bond acceptors (Lipinski definition) is 5. The van der Waals surface area contributed by atoms with Crippen molar-refractivity contribution in [3.05, 3.63) is 59.2 Å². The monoisotopic (exact) mass is 480 g/mol. The Labute approximate surface area is 185 Å². The molecule has 0 radical (unpaired) electrons. The highest BCUT2D eigenvalue weighted by Crippen LogP contribution is 2.50. The summed E-state index contributed by atoms with van der Waals surface area (Å²) < 4.78 is 93.8. The Morgan fingerprint density at radius 1 is 0.909 bits per heavy atom. The number of rotatable bonds is 9. The Morgan fingerprint density at radius 3 is 2.00 bits per heavy atom. The van der Waals surface area contributed by atoms with Gasteiger partial charge in [0, 0.05) is 18.9 Å². The van der Waals surface area contributed by atoms with Gasteiger partial charge in [-0.25, -0.2) is 0 Å². The zero-order valence-electron chi connectivity index (χ0n) is 17.7. The van der Waals surface area contributed by atoms with E-state index in [1.165, 1.54) is 13.8 Å². The van der Waals surface area contributed by atoms with E-state index in [-0.39, 0.29) is 31.1 Å². The van der Waals surface area contributed by atoms with Crippen LogP contribution in [0.5, 0.6) is 11.5 Å². The number of carbonyl (C=O) groups is 1. The zero-order chi connectivity index (χ0) is 24.9. The molecular weight excluding hydrogens is 458 g/mol. The van der Waals surface area contributed by atoms with E-state index in [1.807, 2.05) is 0 Å². The second-order valence-corrected chi connectivity index (χ2v) is 7.16. The van der Waals surface area contributed by atoms with E-state index in [1.54, 1.807) is 24.3 Å². The zero-order valence-corrected chi connectivity index (χ0v) is 17.7. The second-order valence-electron chi connectivity index (χ2n) is 7.16. The van der Waals surface area contributed by atoms with Gasteiger partial charge < -0.3 is 19.3 Å². The van der Waals surface area contributed by atoms with Crippen molar-refractivity contribution in [3.63, 3.8) is 0 Å². The van der Waals surface area contributed by atoms with Crippen molar-refractivity contribution < 1.29 is 50.5 Å². The molecular formula is C22H22F6O5. The summed E-state index contributed by atoms with van der Waals surface area (Å²) in [5.74, 6) is 0.248. The van der Waals surface area contributed by atoms with Crippen molar-refractivity contribution in [1.82, 2.24) is 0 Å². The molecule has 2 aromatic carbocycles. The number of ether oxygens (including phenoxy) is 3. The molecule has 0 fully saturated rings. The van der Waals surface area contributed by atoms with Crippen LogP contribution in [0.3, 0.4) is 0 Å². The van der Waals surface area contributed by atoms with Gasteiger partial charge in [0.15, 0.2) is 0 Å². The van der Waals surface area contributed by atoms with E-state index in [0.29, 0.717) is 24.3 Å². The van der Waals surface area contributed by atoms with Gasteiger partial charge >= 0.3 is 18.3 Å². The highest BCUT2D eigenvalue weighted by Gasteiger charge is 2.71. The summed E-state index contributed by atoms with van der Waals surface area (Å²) in [6, 6.07) is 8.92. The minimum atomic E-state index is -5.95. The number of hydrogen-bond donors (Lipinski definition) is 1. The first kappa shape index (κ1) is 26.3. The largest absolute Gasteiger partial charge is 0.493 e. The van der Waals surface area contributed by atoms with Crippen LogP contribution in [0.15, 0.2) is 42.5 Å². The van der Waals surface area contributed by atoms with Crippen molar-refractivity contribution in [2.75, 3.05) is 13.2 Å². The average Bonchev–Trinajstić information content (AvgIpc) is 2.71. The summed E-state index contributed by atoms with van der Waals surface area (Å²) in [4.78, 5) is 10.8. The first-order valence-electron chi connectivity index (χ1n) is 9.70. The molecule has 1 N–H and O–H groups in total. The molecule has 2 aromatic rings. The third-order valence-corrected chi connectivity index (χ3v) is 4.59. The Kier molecular flexibility index (Phi) is 8.23. The van der Waals surface area contributed by atoms with Crippen molar-refractivity contribution in [2.24, 2.45) is 0 Å². The normalized spacial score (nSPS) is 12.4. The number of halogens is 6. The molecule has 0 unspecified atom stereocenters. The van der Waals surface area contributed by atoms with Crippen LogP contribution in [0.2, 0.25) is 0 Å². The fourth-order valence-corrected chi connectivity index (χ4v) is 2.82. The number of esters is 1. The summed E-state index contributed by atoms with van der Waals surface area (Å²) in [5, 5.41) is 9.47. The van der Waals surface area contributed by atoms with Crippen LogP contribution in [0.25, 0.3) is 0 Å². The molecule has 5 nitrogen and oxygen atoms in total. The van der Waals surface area contributed by atoms with Gasteiger partial charge in [-0.1, -0.05) is 18.2 Å². The third-order valence-electron chi connectivity index (χ3n) is 4.59. The summed E-state index contributed by atoms with van der Waals surface area (Å²) in [5.41, 5.74) is -5.54. The van der Waals surface area contributed by atoms with E-state index in [9.17, 15) is 36.2 Å². The average molecular weight is 480 g/mol. The molecule has 0 heterocycles. The summed E-state index contributed by atoms with van der Waals surface area (Å²) in [6.07, 6.45) is -11.5. The first-order valence-corrected chi connectivity index (χ1v) is 9.70. The van der Waals surface area contributed by atoms with E-state index in [2.05, 4.69) is 0 Å². The van der Waals surface area contributed by atoms with Gasteiger partial charge in [0.05, 0.1) is 13.2 Å². The predicted octanol–water partition coefficient (Wildman–Crippen LogP) is 5.22. The van der Waals surface area contributed by atoms with Crippen LogP contribution >= 0.6 is 0 Å². The molecule has 0 bridgehead atoms. The number of alkyl halides is 6. The fourth-order valence-electron chi connectivity index (χ4n) is 2.82. The maximum Gasteiger partial charge on any atom is 0.430 e. The van der Waals surface area contributed by atoms with Crippen LogP contribution in [0, 0.1) is 6.92 Å². The van der Waals surface area contributed by atoms with Crippen LogP contribution in [0.1, 0.15) is 30.0 Å².